The van der Waals surface area contributed by atoms with Crippen LogP contribution in [0.15, 0.2) is 82.1 Å². The van der Waals surface area contributed by atoms with Crippen LogP contribution in [0.4, 0.5) is 11.4 Å². The highest BCUT2D eigenvalue weighted by Gasteiger charge is 2.17. The maximum Gasteiger partial charge on any atom is 0.439 e. The number of anilines is 2. The van der Waals surface area contributed by atoms with Gasteiger partial charge >= 0.3 is 5.76 Å². The number of nitrogens with one attached hydrogen (secondary N) is 4. The number of para-hydroxylation sites is 1. The van der Waals surface area contributed by atoms with Crippen LogP contribution in [0.25, 0.3) is 22.3 Å². The van der Waals surface area contributed by atoms with E-state index in [1.165, 1.54) is 5.56 Å². The van der Waals surface area contributed by atoms with E-state index in [1.807, 2.05) is 30.3 Å². The average Bonchev–Trinajstić information content (AvgIpc) is 3.55. The van der Waals surface area contributed by atoms with Crippen molar-refractivity contribution in [2.75, 3.05) is 10.6 Å². The molecule has 4 N–H and O–H groups in total. The van der Waals surface area contributed by atoms with Crippen LogP contribution < -0.4 is 16.4 Å². The lowest BCUT2D eigenvalue weighted by Crippen LogP contribution is -2.13. The smallest absolute Gasteiger partial charge is 0.349 e. The molecule has 5 aromatic rings. The molecule has 5 rings (SSSR count). The molecule has 2 amide bonds. The Labute approximate surface area is 222 Å². The fourth-order valence-corrected chi connectivity index (χ4v) is 4.38. The van der Waals surface area contributed by atoms with Gasteiger partial charge in [0.05, 0.1) is 16.9 Å². The molecule has 9 nitrogen and oxygen atoms in total. The van der Waals surface area contributed by atoms with E-state index in [1.54, 1.807) is 30.3 Å². The summed E-state index contributed by atoms with van der Waals surface area (Å²) in [6.07, 6.45) is 3.03. The third-order valence-electron chi connectivity index (χ3n) is 6.06. The van der Waals surface area contributed by atoms with Gasteiger partial charge in [-0.25, -0.2) is 4.79 Å². The fourth-order valence-electron chi connectivity index (χ4n) is 4.21. The Morgan fingerprint density at radius 3 is 2.53 bits per heavy atom. The van der Waals surface area contributed by atoms with Gasteiger partial charge in [0, 0.05) is 22.4 Å². The average molecular weight is 530 g/mol. The number of benzene rings is 3. The van der Waals surface area contributed by atoms with Gasteiger partial charge in [-0.05, 0) is 55.2 Å². The minimum Gasteiger partial charge on any atom is -0.349 e. The van der Waals surface area contributed by atoms with Gasteiger partial charge in [-0.15, -0.1) is 0 Å². The number of fused-ring (bicyclic) bond motifs is 1. The number of H-pyrrole nitrogens is 2. The van der Waals surface area contributed by atoms with E-state index >= 15 is 0 Å². The Morgan fingerprint density at radius 1 is 0.895 bits per heavy atom. The number of rotatable bonds is 9. The predicted octanol–water partition coefficient (Wildman–Crippen LogP) is 5.77. The number of amides is 2. The number of aromatic nitrogens is 3. The van der Waals surface area contributed by atoms with Crippen LogP contribution in [0.5, 0.6) is 0 Å². The Balaban J connectivity index is 1.26. The Hall–Kier alpha value is -4.63. The lowest BCUT2D eigenvalue weighted by molar-refractivity contribution is -0.116. The Kier molecular flexibility index (Phi) is 7.37. The summed E-state index contributed by atoms with van der Waals surface area (Å²) >= 11 is 6.10. The number of hydrogen-bond acceptors (Lipinski definition) is 5. The van der Waals surface area contributed by atoms with Gasteiger partial charge in [0.2, 0.25) is 5.91 Å². The zero-order chi connectivity index (χ0) is 26.5. The molecule has 3 aromatic carbocycles. The first-order valence-electron chi connectivity index (χ1n) is 12.1. The zero-order valence-electron chi connectivity index (χ0n) is 20.2. The summed E-state index contributed by atoms with van der Waals surface area (Å²) in [5.74, 6) is -1.09. The second-order valence-electron chi connectivity index (χ2n) is 8.78. The summed E-state index contributed by atoms with van der Waals surface area (Å²) in [6.45, 7) is 0. The van der Waals surface area contributed by atoms with Crippen molar-refractivity contribution >= 4 is 45.7 Å². The maximum absolute atomic E-state index is 13.1. The zero-order valence-corrected chi connectivity index (χ0v) is 21.0. The van der Waals surface area contributed by atoms with Gasteiger partial charge in [0.1, 0.15) is 5.69 Å². The molecule has 0 spiro atoms. The topological polar surface area (TPSA) is 133 Å². The molecule has 2 aromatic heterocycles. The number of nitrogens with zero attached hydrogens (tertiary/aromatic N) is 1. The largest absolute Gasteiger partial charge is 0.439 e. The van der Waals surface area contributed by atoms with Crippen molar-refractivity contribution in [3.8, 4) is 11.4 Å². The molecule has 0 saturated carbocycles. The van der Waals surface area contributed by atoms with Crippen molar-refractivity contribution in [1.29, 1.82) is 0 Å². The molecule has 192 valence electrons. The van der Waals surface area contributed by atoms with Crippen LogP contribution in [0.3, 0.4) is 0 Å². The number of hydrogen-bond donors (Lipinski definition) is 4. The van der Waals surface area contributed by atoms with Crippen LogP contribution >= 0.6 is 11.6 Å². The molecule has 38 heavy (non-hydrogen) atoms. The number of unbranched alkanes of at least 4 members (excludes halogenated alkanes) is 1. The number of carbonyl (C=O) groups is 2. The number of aromatic amines is 2. The monoisotopic (exact) mass is 529 g/mol. The molecular formula is C28H24ClN5O4. The van der Waals surface area contributed by atoms with Gasteiger partial charge in [-0.3, -0.25) is 19.1 Å². The van der Waals surface area contributed by atoms with Crippen LogP contribution in [0.1, 0.15) is 35.3 Å². The summed E-state index contributed by atoms with van der Waals surface area (Å²) in [5.41, 5.74) is 3.57. The van der Waals surface area contributed by atoms with Crippen molar-refractivity contribution in [3.63, 3.8) is 0 Å². The molecule has 0 fully saturated rings. The standard InChI is InChI=1S/C28H24ClN5O4/c29-19-13-14-21(20(16-19)26-33-28(37)38-34-26)32-27(36)23-15-18-10-6-11-22(25(18)31-23)30-24(35)12-5-4-9-17-7-2-1-3-8-17/h1-3,6-8,10-11,13-16,31H,4-5,9,12H2,(H,30,35)(H,32,36)(H,33,34,37). The van der Waals surface area contributed by atoms with Gasteiger partial charge in [0.15, 0.2) is 5.82 Å². The molecule has 0 atom stereocenters. The highest BCUT2D eigenvalue weighted by Crippen LogP contribution is 2.29. The summed E-state index contributed by atoms with van der Waals surface area (Å²) in [5, 5.41) is 10.6. The van der Waals surface area contributed by atoms with E-state index in [2.05, 4.69) is 42.4 Å². The molecule has 0 aliphatic rings. The van der Waals surface area contributed by atoms with Crippen LogP contribution in [0.2, 0.25) is 5.02 Å². The minimum absolute atomic E-state index is 0.0847. The van der Waals surface area contributed by atoms with Crippen molar-refractivity contribution in [1.82, 2.24) is 15.1 Å². The second-order valence-corrected chi connectivity index (χ2v) is 9.22. The first kappa shape index (κ1) is 25.0. The molecular weight excluding hydrogens is 506 g/mol. The van der Waals surface area contributed by atoms with Crippen LogP contribution in [-0.2, 0) is 11.2 Å². The van der Waals surface area contributed by atoms with E-state index in [0.29, 0.717) is 39.6 Å². The van der Waals surface area contributed by atoms with Crippen LogP contribution in [-0.4, -0.2) is 26.9 Å². The summed E-state index contributed by atoms with van der Waals surface area (Å²) in [4.78, 5) is 42.7. The van der Waals surface area contributed by atoms with Crippen molar-refractivity contribution < 1.29 is 14.1 Å². The molecule has 0 aliphatic carbocycles. The second kappa shape index (κ2) is 11.2. The normalized spacial score (nSPS) is 11.0. The Bertz CT molecular complexity index is 1650. The lowest BCUT2D eigenvalue weighted by atomic mass is 10.1. The van der Waals surface area contributed by atoms with Crippen LogP contribution in [0, 0.1) is 0 Å². The molecule has 0 bridgehead atoms. The van der Waals surface area contributed by atoms with Crippen molar-refractivity contribution in [3.05, 3.63) is 99.6 Å². The molecule has 10 heteroatoms. The number of carbonyl (C=O) groups excluding carboxylic acids is 2. The van der Waals surface area contributed by atoms with E-state index in [-0.39, 0.29) is 11.7 Å². The molecule has 0 saturated heterocycles. The van der Waals surface area contributed by atoms with Crippen molar-refractivity contribution in [2.45, 2.75) is 25.7 Å². The van der Waals surface area contributed by atoms with Gasteiger partial charge < -0.3 is 15.6 Å². The summed E-state index contributed by atoms with van der Waals surface area (Å²) in [7, 11) is 0. The third-order valence-corrected chi connectivity index (χ3v) is 6.30. The van der Waals surface area contributed by atoms with Gasteiger partial charge in [0.25, 0.3) is 5.91 Å². The highest BCUT2D eigenvalue weighted by molar-refractivity contribution is 6.31. The number of aryl methyl sites for hydroxylation is 1. The Morgan fingerprint density at radius 2 is 1.74 bits per heavy atom. The van der Waals surface area contributed by atoms with Gasteiger partial charge in [-0.2, -0.15) is 0 Å². The van der Waals surface area contributed by atoms with E-state index in [0.717, 1.165) is 24.6 Å². The third kappa shape index (κ3) is 5.84. The first-order chi connectivity index (χ1) is 18.5. The molecule has 2 heterocycles. The minimum atomic E-state index is -0.723. The van der Waals surface area contributed by atoms with E-state index in [4.69, 9.17) is 11.6 Å². The summed E-state index contributed by atoms with van der Waals surface area (Å²) in [6, 6.07) is 22.1. The molecule has 0 radical (unpaired) electrons. The van der Waals surface area contributed by atoms with E-state index < -0.39 is 11.7 Å². The highest BCUT2D eigenvalue weighted by atomic mass is 35.5. The quantitative estimate of drug-likeness (QED) is 0.180. The molecule has 0 aliphatic heterocycles. The van der Waals surface area contributed by atoms with E-state index in [9.17, 15) is 14.4 Å². The fraction of sp³-hybridized carbons (Fsp3) is 0.143. The van der Waals surface area contributed by atoms with Crippen molar-refractivity contribution in [2.24, 2.45) is 0 Å². The molecule has 0 unspecified atom stereocenters. The first-order valence-corrected chi connectivity index (χ1v) is 12.5. The SMILES string of the molecule is O=C(CCCCc1ccccc1)Nc1cccc2cc(C(=O)Nc3ccc(Cl)cc3-c3noc(=O)[nH]3)[nH]c12. The lowest BCUT2D eigenvalue weighted by Gasteiger charge is -2.09. The number of halogens is 1. The predicted molar refractivity (Wildman–Crippen MR) is 146 cm³/mol. The maximum atomic E-state index is 13.1. The van der Waals surface area contributed by atoms with Gasteiger partial charge in [-0.1, -0.05) is 59.2 Å². The summed E-state index contributed by atoms with van der Waals surface area (Å²) < 4.78 is 4.58.